The van der Waals surface area contributed by atoms with Crippen LogP contribution in [0.3, 0.4) is 0 Å². The summed E-state index contributed by atoms with van der Waals surface area (Å²) in [7, 11) is 1.56. The van der Waals surface area contributed by atoms with E-state index in [0.29, 0.717) is 11.5 Å². The molecule has 0 saturated heterocycles. The molecular formula is C14H16N2O3. The minimum absolute atomic E-state index is 0.0304. The van der Waals surface area contributed by atoms with Crippen LogP contribution in [-0.4, -0.2) is 24.6 Å². The van der Waals surface area contributed by atoms with Crippen LogP contribution in [0.15, 0.2) is 29.3 Å². The zero-order chi connectivity index (χ0) is 14.0. The SMILES string of the molecule is COc1ccccc1C1NC(=O)N=C(C)C1C(C)=O. The summed E-state index contributed by atoms with van der Waals surface area (Å²) in [6.07, 6.45) is 0. The molecule has 0 bridgehead atoms. The first-order valence-electron chi connectivity index (χ1n) is 6.03. The van der Waals surface area contributed by atoms with Crippen molar-refractivity contribution in [3.8, 4) is 5.75 Å². The maximum absolute atomic E-state index is 11.8. The van der Waals surface area contributed by atoms with E-state index in [4.69, 9.17) is 4.74 Å². The van der Waals surface area contributed by atoms with E-state index in [1.54, 1.807) is 20.1 Å². The van der Waals surface area contributed by atoms with Gasteiger partial charge in [0.15, 0.2) is 0 Å². The largest absolute Gasteiger partial charge is 0.496 e. The molecule has 5 heteroatoms. The molecule has 1 aromatic carbocycles. The van der Waals surface area contributed by atoms with Gasteiger partial charge in [-0.3, -0.25) is 4.79 Å². The number of carbonyl (C=O) groups is 2. The summed E-state index contributed by atoms with van der Waals surface area (Å²) in [6.45, 7) is 3.21. The van der Waals surface area contributed by atoms with E-state index in [0.717, 1.165) is 5.56 Å². The third kappa shape index (κ3) is 2.50. The maximum atomic E-state index is 11.8. The first-order chi connectivity index (χ1) is 9.04. The van der Waals surface area contributed by atoms with Crippen LogP contribution in [0, 0.1) is 5.92 Å². The first-order valence-corrected chi connectivity index (χ1v) is 6.03. The summed E-state index contributed by atoms with van der Waals surface area (Å²) in [5, 5.41) is 2.74. The van der Waals surface area contributed by atoms with Crippen LogP contribution < -0.4 is 10.1 Å². The average molecular weight is 260 g/mol. The van der Waals surface area contributed by atoms with E-state index in [-0.39, 0.29) is 5.78 Å². The Hall–Kier alpha value is -2.17. The van der Waals surface area contributed by atoms with Gasteiger partial charge in [-0.1, -0.05) is 18.2 Å². The van der Waals surface area contributed by atoms with E-state index in [2.05, 4.69) is 10.3 Å². The molecule has 1 N–H and O–H groups in total. The number of methoxy groups -OCH3 is 1. The first kappa shape index (κ1) is 13.3. The molecule has 2 amide bonds. The normalized spacial score (nSPS) is 22.5. The fourth-order valence-corrected chi connectivity index (χ4v) is 2.43. The summed E-state index contributed by atoms with van der Waals surface area (Å²) in [5.41, 5.74) is 1.32. The van der Waals surface area contributed by atoms with Crippen molar-refractivity contribution in [1.82, 2.24) is 5.32 Å². The third-order valence-electron chi connectivity index (χ3n) is 3.25. The lowest BCUT2D eigenvalue weighted by molar-refractivity contribution is -0.119. The number of amides is 2. The Morgan fingerprint density at radius 2 is 2.05 bits per heavy atom. The van der Waals surface area contributed by atoms with Crippen LogP contribution in [0.4, 0.5) is 4.79 Å². The van der Waals surface area contributed by atoms with Crippen LogP contribution in [0.2, 0.25) is 0 Å². The van der Waals surface area contributed by atoms with Gasteiger partial charge >= 0.3 is 6.03 Å². The molecule has 1 heterocycles. The molecule has 1 aliphatic heterocycles. The Balaban J connectivity index is 2.49. The quantitative estimate of drug-likeness (QED) is 0.905. The summed E-state index contributed by atoms with van der Waals surface area (Å²) in [4.78, 5) is 27.2. The molecule has 2 atom stereocenters. The molecule has 1 aromatic rings. The van der Waals surface area contributed by atoms with Crippen molar-refractivity contribution >= 4 is 17.5 Å². The lowest BCUT2D eigenvalue weighted by Gasteiger charge is -2.30. The fourth-order valence-electron chi connectivity index (χ4n) is 2.43. The Kier molecular flexibility index (Phi) is 3.64. The molecule has 2 unspecified atom stereocenters. The highest BCUT2D eigenvalue weighted by Gasteiger charge is 2.35. The minimum Gasteiger partial charge on any atom is -0.496 e. The van der Waals surface area contributed by atoms with Crippen LogP contribution >= 0.6 is 0 Å². The Labute approximate surface area is 111 Å². The van der Waals surface area contributed by atoms with Crippen molar-refractivity contribution in [2.75, 3.05) is 7.11 Å². The van der Waals surface area contributed by atoms with E-state index >= 15 is 0 Å². The van der Waals surface area contributed by atoms with E-state index < -0.39 is 18.0 Å². The van der Waals surface area contributed by atoms with Gasteiger partial charge in [-0.2, -0.15) is 0 Å². The monoisotopic (exact) mass is 260 g/mol. The Bertz CT molecular complexity index is 551. The topological polar surface area (TPSA) is 67.8 Å². The van der Waals surface area contributed by atoms with Crippen molar-refractivity contribution in [2.24, 2.45) is 10.9 Å². The standard InChI is InChI=1S/C14H16N2O3/c1-8-12(9(2)17)13(16-14(18)15-8)10-6-4-5-7-11(10)19-3/h4-7,12-13H,1-3H3,(H,16,18). The average Bonchev–Trinajstić information content (AvgIpc) is 2.37. The van der Waals surface area contributed by atoms with Gasteiger partial charge in [0.2, 0.25) is 0 Å². The smallest absolute Gasteiger partial charge is 0.341 e. The molecule has 19 heavy (non-hydrogen) atoms. The van der Waals surface area contributed by atoms with E-state index in [1.807, 2.05) is 18.2 Å². The van der Waals surface area contributed by atoms with Crippen molar-refractivity contribution in [3.63, 3.8) is 0 Å². The lowest BCUT2D eigenvalue weighted by atomic mass is 9.85. The summed E-state index contributed by atoms with van der Waals surface area (Å²) >= 11 is 0. The van der Waals surface area contributed by atoms with E-state index in [9.17, 15) is 9.59 Å². The second-order valence-corrected chi connectivity index (χ2v) is 4.51. The molecule has 100 valence electrons. The number of carbonyl (C=O) groups excluding carboxylic acids is 2. The number of ether oxygens (including phenoxy) is 1. The molecule has 2 rings (SSSR count). The molecule has 0 radical (unpaired) electrons. The highest BCUT2D eigenvalue weighted by molar-refractivity contribution is 6.09. The number of urea groups is 1. The third-order valence-corrected chi connectivity index (χ3v) is 3.25. The minimum atomic E-state index is -0.450. The number of benzene rings is 1. The van der Waals surface area contributed by atoms with E-state index in [1.165, 1.54) is 6.92 Å². The van der Waals surface area contributed by atoms with Gasteiger partial charge in [0.1, 0.15) is 11.5 Å². The number of ketones is 1. The number of hydrogen-bond acceptors (Lipinski definition) is 3. The van der Waals surface area contributed by atoms with Gasteiger partial charge in [0.25, 0.3) is 0 Å². The molecular weight excluding hydrogens is 244 g/mol. The van der Waals surface area contributed by atoms with Gasteiger partial charge in [-0.05, 0) is 19.9 Å². The molecule has 0 aromatic heterocycles. The fraction of sp³-hybridized carbons (Fsp3) is 0.357. The van der Waals surface area contributed by atoms with Gasteiger partial charge in [0.05, 0.1) is 19.1 Å². The second kappa shape index (κ2) is 5.22. The molecule has 5 nitrogen and oxygen atoms in total. The molecule has 0 fully saturated rings. The Morgan fingerprint density at radius 3 is 2.68 bits per heavy atom. The number of hydrogen-bond donors (Lipinski definition) is 1. The number of nitrogens with one attached hydrogen (secondary N) is 1. The summed E-state index contributed by atoms with van der Waals surface area (Å²) in [5.74, 6) is 0.167. The number of aliphatic imine (C=N–C) groups is 1. The van der Waals surface area contributed by atoms with Gasteiger partial charge < -0.3 is 10.1 Å². The zero-order valence-corrected chi connectivity index (χ0v) is 11.1. The maximum Gasteiger partial charge on any atom is 0.341 e. The predicted molar refractivity (Wildman–Crippen MR) is 71.5 cm³/mol. The van der Waals surface area contributed by atoms with Gasteiger partial charge in [-0.15, -0.1) is 0 Å². The lowest BCUT2D eigenvalue weighted by Crippen LogP contribution is -2.43. The number of para-hydroxylation sites is 1. The molecule has 0 spiro atoms. The number of nitrogens with zero attached hydrogens (tertiary/aromatic N) is 1. The molecule has 0 aliphatic carbocycles. The van der Waals surface area contributed by atoms with Gasteiger partial charge in [0, 0.05) is 11.3 Å². The van der Waals surface area contributed by atoms with Gasteiger partial charge in [-0.25, -0.2) is 9.79 Å². The highest BCUT2D eigenvalue weighted by atomic mass is 16.5. The molecule has 0 saturated carbocycles. The number of Topliss-reactive ketones (excluding diaryl/α,β-unsaturated/α-hetero) is 1. The summed E-state index contributed by atoms with van der Waals surface area (Å²) in [6, 6.07) is 6.49. The van der Waals surface area contributed by atoms with Crippen LogP contribution in [-0.2, 0) is 4.79 Å². The van der Waals surface area contributed by atoms with Crippen molar-refractivity contribution in [2.45, 2.75) is 19.9 Å². The predicted octanol–water partition coefficient (Wildman–Crippen LogP) is 2.13. The number of rotatable bonds is 3. The van der Waals surface area contributed by atoms with Crippen molar-refractivity contribution in [1.29, 1.82) is 0 Å². The van der Waals surface area contributed by atoms with Crippen LogP contribution in [0.1, 0.15) is 25.5 Å². The highest BCUT2D eigenvalue weighted by Crippen LogP contribution is 2.33. The van der Waals surface area contributed by atoms with Crippen molar-refractivity contribution in [3.05, 3.63) is 29.8 Å². The van der Waals surface area contributed by atoms with Crippen LogP contribution in [0.5, 0.6) is 5.75 Å². The van der Waals surface area contributed by atoms with Crippen LogP contribution in [0.25, 0.3) is 0 Å². The summed E-state index contributed by atoms with van der Waals surface area (Å²) < 4.78 is 5.29. The Morgan fingerprint density at radius 1 is 1.37 bits per heavy atom. The zero-order valence-electron chi connectivity index (χ0n) is 11.1. The second-order valence-electron chi connectivity index (χ2n) is 4.51. The molecule has 1 aliphatic rings. The van der Waals surface area contributed by atoms with Crippen molar-refractivity contribution < 1.29 is 14.3 Å².